The molecule has 2 atom stereocenters. The Kier molecular flexibility index (Phi) is 8.29. The molecular weight excluding hydrogens is 358 g/mol. The van der Waals surface area contributed by atoms with Crippen LogP contribution >= 0.6 is 0 Å². The van der Waals surface area contributed by atoms with Gasteiger partial charge in [-0.3, -0.25) is 4.90 Å². The first-order valence-electron chi connectivity index (χ1n) is 7.94. The summed E-state index contributed by atoms with van der Waals surface area (Å²) in [6.07, 6.45) is 5.35. The predicted octanol–water partition coefficient (Wildman–Crippen LogP) is 1.65. The van der Waals surface area contributed by atoms with Gasteiger partial charge < -0.3 is 14.3 Å². The van der Waals surface area contributed by atoms with Gasteiger partial charge in [-0.2, -0.15) is 0 Å². The summed E-state index contributed by atoms with van der Waals surface area (Å²) in [5, 5.41) is -1.17. The Morgan fingerprint density at radius 1 is 1.42 bits per heavy atom. The number of carbonyl (C=O) groups excluding carboxylic acids is 2. The van der Waals surface area contributed by atoms with Gasteiger partial charge in [-0.1, -0.05) is 5.92 Å². The minimum atomic E-state index is -3.51. The van der Waals surface area contributed by atoms with Crippen LogP contribution in [-0.4, -0.2) is 58.7 Å². The maximum atomic E-state index is 11.9. The fourth-order valence-corrected chi connectivity index (χ4v) is 2.95. The van der Waals surface area contributed by atoms with Crippen molar-refractivity contribution in [1.29, 1.82) is 0 Å². The van der Waals surface area contributed by atoms with Gasteiger partial charge >= 0.3 is 6.09 Å². The molecule has 7 nitrogen and oxygen atoms in total. The molecule has 1 aromatic rings. The molecule has 142 valence electrons. The number of sulfone groups is 1. The van der Waals surface area contributed by atoms with E-state index in [0.717, 1.165) is 12.9 Å². The number of hydrogen-bond acceptors (Lipinski definition) is 6. The summed E-state index contributed by atoms with van der Waals surface area (Å²) in [5.74, 6) is 2.47. The topological polar surface area (TPSA) is 90.0 Å². The van der Waals surface area contributed by atoms with Crippen LogP contribution < -0.4 is 4.90 Å². The van der Waals surface area contributed by atoms with Crippen LogP contribution in [0, 0.1) is 12.3 Å². The van der Waals surface area contributed by atoms with E-state index in [2.05, 4.69) is 10.7 Å². The Morgan fingerprint density at radius 3 is 2.42 bits per heavy atom. The monoisotopic (exact) mass is 381 g/mol. The van der Waals surface area contributed by atoms with Gasteiger partial charge in [0.05, 0.1) is 6.54 Å². The van der Waals surface area contributed by atoms with Crippen molar-refractivity contribution in [1.82, 2.24) is 0 Å². The number of hydrogen-bond donors (Lipinski definition) is 0. The van der Waals surface area contributed by atoms with E-state index in [0.29, 0.717) is 17.5 Å². The highest BCUT2D eigenvalue weighted by Gasteiger charge is 2.36. The lowest BCUT2D eigenvalue weighted by Gasteiger charge is -2.14. The Balaban J connectivity index is 0.000000765. The van der Waals surface area contributed by atoms with Crippen molar-refractivity contribution in [2.75, 3.05) is 31.4 Å². The van der Waals surface area contributed by atoms with Gasteiger partial charge in [0.25, 0.3) is 0 Å². The van der Waals surface area contributed by atoms with E-state index >= 15 is 0 Å². The van der Waals surface area contributed by atoms with Crippen molar-refractivity contribution >= 4 is 27.9 Å². The molecule has 0 saturated carbocycles. The van der Waals surface area contributed by atoms with E-state index in [4.69, 9.17) is 11.2 Å². The summed E-state index contributed by atoms with van der Waals surface area (Å²) in [7, 11) is -1.83. The molecule has 2 rings (SSSR count). The van der Waals surface area contributed by atoms with E-state index in [1.165, 1.54) is 4.90 Å². The number of anilines is 1. The highest BCUT2D eigenvalue weighted by molar-refractivity contribution is 7.92. The van der Waals surface area contributed by atoms with Crippen molar-refractivity contribution in [3.05, 3.63) is 29.8 Å². The molecule has 1 heterocycles. The number of aldehydes is 1. The minimum absolute atomic E-state index is 0.0486. The number of carbonyl (C=O) groups is 2. The molecule has 1 fully saturated rings. The van der Waals surface area contributed by atoms with Crippen LogP contribution in [-0.2, 0) is 24.1 Å². The molecule has 1 aromatic carbocycles. The Bertz CT molecular complexity index is 749. The highest BCUT2D eigenvalue weighted by Crippen LogP contribution is 2.24. The van der Waals surface area contributed by atoms with Gasteiger partial charge in [0.2, 0.25) is 0 Å². The molecule has 8 heteroatoms. The SMILES string of the molecule is C#Cc1ccc(N2CC(CC(C=O)S(C)(=O)=O)OC2=O)cc1.CCOC. The van der Waals surface area contributed by atoms with Gasteiger partial charge in [0.1, 0.15) is 17.6 Å². The zero-order valence-corrected chi connectivity index (χ0v) is 15.9. The second kappa shape index (κ2) is 9.94. The van der Waals surface area contributed by atoms with Crippen molar-refractivity contribution in [3.63, 3.8) is 0 Å². The van der Waals surface area contributed by atoms with Crippen LogP contribution in [0.15, 0.2) is 24.3 Å². The molecule has 0 N–H and O–H groups in total. The summed E-state index contributed by atoms with van der Waals surface area (Å²) in [6.45, 7) is 2.97. The van der Waals surface area contributed by atoms with E-state index in [-0.39, 0.29) is 13.0 Å². The van der Waals surface area contributed by atoms with Gasteiger partial charge in [-0.15, -0.1) is 6.42 Å². The van der Waals surface area contributed by atoms with Gasteiger partial charge in [-0.25, -0.2) is 13.2 Å². The predicted molar refractivity (Wildman–Crippen MR) is 98.9 cm³/mol. The third-order valence-corrected chi connectivity index (χ3v) is 5.11. The quantitative estimate of drug-likeness (QED) is 0.550. The third-order valence-electron chi connectivity index (χ3n) is 3.71. The summed E-state index contributed by atoms with van der Waals surface area (Å²) in [6, 6.07) is 6.76. The first kappa shape index (κ1) is 21.7. The van der Waals surface area contributed by atoms with E-state index in [9.17, 15) is 18.0 Å². The van der Waals surface area contributed by atoms with Gasteiger partial charge in [0, 0.05) is 37.6 Å². The van der Waals surface area contributed by atoms with Crippen molar-refractivity contribution in [2.45, 2.75) is 24.7 Å². The molecule has 2 unspecified atom stereocenters. The molecule has 1 saturated heterocycles. The Morgan fingerprint density at radius 2 is 2.00 bits per heavy atom. The molecule has 1 amide bonds. The standard InChI is InChI=1S/C15H15NO5S.C3H8O/c1-3-11-4-6-12(7-5-11)16-9-13(21-15(16)18)8-14(10-17)22(2,19)20;1-3-4-2/h1,4-7,10,13-14H,8-9H2,2H3;3H2,1-2H3. The molecule has 1 aliphatic heterocycles. The van der Waals surface area contributed by atoms with Gasteiger partial charge in [-0.05, 0) is 31.2 Å². The molecule has 1 aliphatic rings. The van der Waals surface area contributed by atoms with Gasteiger partial charge in [0.15, 0.2) is 9.84 Å². The number of benzene rings is 1. The van der Waals surface area contributed by atoms with Crippen molar-refractivity contribution < 1.29 is 27.5 Å². The summed E-state index contributed by atoms with van der Waals surface area (Å²) < 4.78 is 32.6. The first-order chi connectivity index (χ1) is 12.3. The zero-order valence-electron chi connectivity index (χ0n) is 15.0. The van der Waals surface area contributed by atoms with Crippen LogP contribution in [0.5, 0.6) is 0 Å². The number of terminal acetylenes is 1. The largest absolute Gasteiger partial charge is 0.444 e. The van der Waals surface area contributed by atoms with Crippen LogP contribution in [0.25, 0.3) is 0 Å². The Hall–Kier alpha value is -2.37. The minimum Gasteiger partial charge on any atom is -0.444 e. The molecule has 26 heavy (non-hydrogen) atoms. The first-order valence-corrected chi connectivity index (χ1v) is 9.90. The average molecular weight is 381 g/mol. The fraction of sp³-hybridized carbons (Fsp3) is 0.444. The number of amides is 1. The van der Waals surface area contributed by atoms with Crippen LogP contribution in [0.3, 0.4) is 0 Å². The molecule has 0 aliphatic carbocycles. The third kappa shape index (κ3) is 6.17. The lowest BCUT2D eigenvalue weighted by atomic mass is 10.2. The second-order valence-electron chi connectivity index (χ2n) is 5.62. The summed E-state index contributed by atoms with van der Waals surface area (Å²) in [4.78, 5) is 24.2. The molecule has 0 aromatic heterocycles. The lowest BCUT2D eigenvalue weighted by Crippen LogP contribution is -2.29. The van der Waals surface area contributed by atoms with E-state index in [1.54, 1.807) is 31.4 Å². The number of nitrogens with zero attached hydrogens (tertiary/aromatic N) is 1. The number of ether oxygens (including phenoxy) is 2. The van der Waals surface area contributed by atoms with Crippen molar-refractivity contribution in [2.24, 2.45) is 0 Å². The molecule has 0 bridgehead atoms. The number of rotatable bonds is 6. The van der Waals surface area contributed by atoms with E-state index < -0.39 is 27.3 Å². The molecule has 0 spiro atoms. The number of cyclic esters (lactones) is 1. The normalized spacial score (nSPS) is 17.5. The smallest absolute Gasteiger partial charge is 0.414 e. The maximum absolute atomic E-state index is 11.9. The highest BCUT2D eigenvalue weighted by atomic mass is 32.2. The fourth-order valence-electron chi connectivity index (χ4n) is 2.18. The summed E-state index contributed by atoms with van der Waals surface area (Å²) >= 11 is 0. The van der Waals surface area contributed by atoms with Crippen LogP contribution in [0.1, 0.15) is 18.9 Å². The van der Waals surface area contributed by atoms with E-state index in [1.807, 2.05) is 6.92 Å². The van der Waals surface area contributed by atoms with Crippen LogP contribution in [0.4, 0.5) is 10.5 Å². The maximum Gasteiger partial charge on any atom is 0.414 e. The number of methoxy groups -OCH3 is 1. The zero-order chi connectivity index (χ0) is 19.7. The molecule has 0 radical (unpaired) electrons. The summed E-state index contributed by atoms with van der Waals surface area (Å²) in [5.41, 5.74) is 1.29. The molecular formula is C18H23NO6S. The lowest BCUT2D eigenvalue weighted by molar-refractivity contribution is -0.107. The van der Waals surface area contributed by atoms with Crippen molar-refractivity contribution in [3.8, 4) is 12.3 Å². The Labute approximate surface area is 154 Å². The average Bonchev–Trinajstić information content (AvgIpc) is 2.99. The second-order valence-corrected chi connectivity index (χ2v) is 7.89. The van der Waals surface area contributed by atoms with Crippen LogP contribution in [0.2, 0.25) is 0 Å².